The molecule has 1 aliphatic rings. The third-order valence-electron chi connectivity index (χ3n) is 3.12. The number of anilines is 1. The first kappa shape index (κ1) is 12.6. The van der Waals surface area contributed by atoms with E-state index < -0.39 is 0 Å². The highest BCUT2D eigenvalue weighted by atomic mass is 32.2. The summed E-state index contributed by atoms with van der Waals surface area (Å²) in [6, 6.07) is 1.98. The third-order valence-corrected chi connectivity index (χ3v) is 3.69. The molecule has 1 N–H and O–H groups in total. The molecular weight excluding hydrogens is 232 g/mol. The smallest absolute Gasteiger partial charge is 0.189 e. The first-order valence-electron chi connectivity index (χ1n) is 6.08. The van der Waals surface area contributed by atoms with Crippen LogP contribution in [0.3, 0.4) is 0 Å². The average molecular weight is 252 g/mol. The summed E-state index contributed by atoms with van der Waals surface area (Å²) in [4.78, 5) is 10.9. The molecule has 0 saturated carbocycles. The topological polar surface area (TPSA) is 41.1 Å². The lowest BCUT2D eigenvalue weighted by atomic mass is 9.99. The summed E-state index contributed by atoms with van der Waals surface area (Å²) in [6.07, 6.45) is 6.45. The van der Waals surface area contributed by atoms with Gasteiger partial charge in [0.2, 0.25) is 0 Å². The number of nitrogens with zero attached hydrogens (tertiary/aromatic N) is 3. The molecule has 0 aromatic carbocycles. The maximum absolute atomic E-state index is 4.51. The van der Waals surface area contributed by atoms with E-state index in [1.165, 1.54) is 19.4 Å². The van der Waals surface area contributed by atoms with Crippen LogP contribution in [0.25, 0.3) is 0 Å². The van der Waals surface area contributed by atoms with Crippen molar-refractivity contribution in [2.75, 3.05) is 37.8 Å². The summed E-state index contributed by atoms with van der Waals surface area (Å²) < 4.78 is 0. The Kier molecular flexibility index (Phi) is 4.62. The second-order valence-corrected chi connectivity index (χ2v) is 5.27. The predicted molar refractivity (Wildman–Crippen MR) is 72.7 cm³/mol. The molecule has 1 saturated heterocycles. The van der Waals surface area contributed by atoms with Crippen molar-refractivity contribution in [3.63, 3.8) is 0 Å². The van der Waals surface area contributed by atoms with Gasteiger partial charge in [-0.3, -0.25) is 0 Å². The Bertz CT molecular complexity index is 352. The maximum Gasteiger partial charge on any atom is 0.189 e. The van der Waals surface area contributed by atoms with Crippen molar-refractivity contribution >= 4 is 17.6 Å². The van der Waals surface area contributed by atoms with Crippen LogP contribution in [-0.4, -0.2) is 42.9 Å². The standard InChI is InChI=1S/C12H20N4S/c1-16(9-10-4-3-6-13-8-10)11-5-7-14-12(15-11)17-2/h5,7,10,13H,3-4,6,8-9H2,1-2H3. The lowest BCUT2D eigenvalue weighted by Gasteiger charge is -2.28. The monoisotopic (exact) mass is 252 g/mol. The Hall–Kier alpha value is -0.810. The fourth-order valence-electron chi connectivity index (χ4n) is 2.20. The minimum absolute atomic E-state index is 0.737. The largest absolute Gasteiger partial charge is 0.359 e. The van der Waals surface area contributed by atoms with E-state index in [2.05, 4.69) is 27.2 Å². The van der Waals surface area contributed by atoms with Crippen LogP contribution in [0.15, 0.2) is 17.4 Å². The van der Waals surface area contributed by atoms with Gasteiger partial charge in [0.15, 0.2) is 5.16 Å². The first-order valence-corrected chi connectivity index (χ1v) is 7.31. The average Bonchev–Trinajstić information content (AvgIpc) is 2.40. The van der Waals surface area contributed by atoms with Crippen LogP contribution in [0, 0.1) is 5.92 Å². The molecule has 2 rings (SSSR count). The van der Waals surface area contributed by atoms with Gasteiger partial charge < -0.3 is 10.2 Å². The minimum atomic E-state index is 0.737. The zero-order chi connectivity index (χ0) is 12.1. The molecule has 2 heterocycles. The number of thioether (sulfide) groups is 1. The van der Waals surface area contributed by atoms with Crippen LogP contribution < -0.4 is 10.2 Å². The normalized spacial score (nSPS) is 20.2. The van der Waals surface area contributed by atoms with Gasteiger partial charge in [0.25, 0.3) is 0 Å². The highest BCUT2D eigenvalue weighted by molar-refractivity contribution is 7.98. The zero-order valence-corrected chi connectivity index (χ0v) is 11.3. The summed E-state index contributed by atoms with van der Waals surface area (Å²) in [7, 11) is 2.11. The molecule has 1 atom stereocenters. The molecule has 1 aromatic rings. The number of rotatable bonds is 4. The number of nitrogens with one attached hydrogen (secondary N) is 1. The van der Waals surface area contributed by atoms with Crippen molar-refractivity contribution < 1.29 is 0 Å². The molecule has 0 spiro atoms. The Balaban J connectivity index is 1.95. The van der Waals surface area contributed by atoms with Gasteiger partial charge >= 0.3 is 0 Å². The van der Waals surface area contributed by atoms with Gasteiger partial charge in [0, 0.05) is 19.8 Å². The zero-order valence-electron chi connectivity index (χ0n) is 10.5. The van der Waals surface area contributed by atoms with Crippen molar-refractivity contribution in [2.45, 2.75) is 18.0 Å². The van der Waals surface area contributed by atoms with E-state index in [0.29, 0.717) is 0 Å². The summed E-state index contributed by atoms with van der Waals surface area (Å²) in [5.41, 5.74) is 0. The van der Waals surface area contributed by atoms with Crippen molar-refractivity contribution in [2.24, 2.45) is 5.92 Å². The van der Waals surface area contributed by atoms with E-state index >= 15 is 0 Å². The van der Waals surface area contributed by atoms with Crippen molar-refractivity contribution in [3.8, 4) is 0 Å². The van der Waals surface area contributed by atoms with E-state index in [1.807, 2.05) is 18.5 Å². The summed E-state index contributed by atoms with van der Waals surface area (Å²) in [6.45, 7) is 3.37. The second kappa shape index (κ2) is 6.21. The summed E-state index contributed by atoms with van der Waals surface area (Å²) in [5, 5.41) is 4.29. The van der Waals surface area contributed by atoms with Gasteiger partial charge in [0.05, 0.1) is 0 Å². The fourth-order valence-corrected chi connectivity index (χ4v) is 2.55. The first-order chi connectivity index (χ1) is 8.29. The number of hydrogen-bond acceptors (Lipinski definition) is 5. The third kappa shape index (κ3) is 3.57. The fraction of sp³-hybridized carbons (Fsp3) is 0.667. The molecule has 94 valence electrons. The Morgan fingerprint density at radius 2 is 2.47 bits per heavy atom. The number of piperidine rings is 1. The van der Waals surface area contributed by atoms with Crippen LogP contribution in [0.5, 0.6) is 0 Å². The Morgan fingerprint density at radius 1 is 1.59 bits per heavy atom. The number of hydrogen-bond donors (Lipinski definition) is 1. The van der Waals surface area contributed by atoms with Crippen molar-refractivity contribution in [3.05, 3.63) is 12.3 Å². The maximum atomic E-state index is 4.51. The molecule has 1 fully saturated rings. The summed E-state index contributed by atoms with van der Waals surface area (Å²) in [5.74, 6) is 1.76. The van der Waals surface area contributed by atoms with E-state index in [9.17, 15) is 0 Å². The SMILES string of the molecule is CSc1nccc(N(C)CC2CCCNC2)n1. The van der Waals surface area contributed by atoms with E-state index in [-0.39, 0.29) is 0 Å². The molecule has 0 radical (unpaired) electrons. The Labute approximate surface area is 107 Å². The molecule has 0 amide bonds. The molecule has 0 bridgehead atoms. The quantitative estimate of drug-likeness (QED) is 0.651. The van der Waals surface area contributed by atoms with E-state index in [4.69, 9.17) is 0 Å². The molecule has 1 aliphatic heterocycles. The van der Waals surface area contributed by atoms with Crippen LogP contribution >= 0.6 is 11.8 Å². The van der Waals surface area contributed by atoms with E-state index in [1.54, 1.807) is 11.8 Å². The van der Waals surface area contributed by atoms with Crippen LogP contribution in [-0.2, 0) is 0 Å². The van der Waals surface area contributed by atoms with Gasteiger partial charge in [-0.25, -0.2) is 9.97 Å². The molecule has 17 heavy (non-hydrogen) atoms. The summed E-state index contributed by atoms with van der Waals surface area (Å²) >= 11 is 1.59. The van der Waals surface area contributed by atoms with Crippen LogP contribution in [0.1, 0.15) is 12.8 Å². The highest BCUT2D eigenvalue weighted by Gasteiger charge is 2.15. The molecule has 4 nitrogen and oxygen atoms in total. The van der Waals surface area contributed by atoms with Crippen molar-refractivity contribution in [1.82, 2.24) is 15.3 Å². The van der Waals surface area contributed by atoms with Gasteiger partial charge in [-0.1, -0.05) is 11.8 Å². The lowest BCUT2D eigenvalue weighted by Crippen LogP contribution is -2.37. The van der Waals surface area contributed by atoms with Crippen molar-refractivity contribution in [1.29, 1.82) is 0 Å². The van der Waals surface area contributed by atoms with Crippen LogP contribution in [0.4, 0.5) is 5.82 Å². The molecule has 5 heteroatoms. The Morgan fingerprint density at radius 3 is 3.18 bits per heavy atom. The van der Waals surface area contributed by atoms with E-state index in [0.717, 1.165) is 30.0 Å². The second-order valence-electron chi connectivity index (χ2n) is 4.49. The van der Waals surface area contributed by atoms with Gasteiger partial charge in [0.1, 0.15) is 5.82 Å². The predicted octanol–water partition coefficient (Wildman–Crippen LogP) is 1.63. The molecular formula is C12H20N4S. The van der Waals surface area contributed by atoms with Gasteiger partial charge in [-0.2, -0.15) is 0 Å². The molecule has 0 aliphatic carbocycles. The van der Waals surface area contributed by atoms with Crippen LogP contribution in [0.2, 0.25) is 0 Å². The minimum Gasteiger partial charge on any atom is -0.359 e. The molecule has 1 aromatic heterocycles. The van der Waals surface area contributed by atoms with Gasteiger partial charge in [-0.15, -0.1) is 0 Å². The highest BCUT2D eigenvalue weighted by Crippen LogP contribution is 2.17. The van der Waals surface area contributed by atoms with Gasteiger partial charge in [-0.05, 0) is 44.2 Å². The molecule has 1 unspecified atom stereocenters. The lowest BCUT2D eigenvalue weighted by molar-refractivity contribution is 0.380. The number of aromatic nitrogens is 2.